The number of rotatable bonds is 4. The molecule has 3 heterocycles. The lowest BCUT2D eigenvalue weighted by atomic mass is 10.1. The highest BCUT2D eigenvalue weighted by molar-refractivity contribution is 5.94. The molecule has 10 nitrogen and oxygen atoms in total. The molecule has 10 heteroatoms. The fraction of sp³-hybridized carbons (Fsp3) is 0.348. The topological polar surface area (TPSA) is 111 Å². The molecule has 0 saturated carbocycles. The molecular weight excluding hydrogens is 424 g/mol. The van der Waals surface area contributed by atoms with Crippen LogP contribution in [0.4, 0.5) is 5.69 Å². The van der Waals surface area contributed by atoms with Crippen molar-refractivity contribution in [3.8, 4) is 11.8 Å². The minimum Gasteiger partial charge on any atom is -0.344 e. The van der Waals surface area contributed by atoms with E-state index in [1.807, 2.05) is 24.3 Å². The molecule has 1 saturated heterocycles. The lowest BCUT2D eigenvalue weighted by Crippen LogP contribution is -2.38. The number of imidazole rings is 1. The first-order valence-electron chi connectivity index (χ1n) is 10.6. The number of aryl methyl sites for hydroxylation is 1. The Hall–Kier alpha value is -4.13. The first-order chi connectivity index (χ1) is 15.9. The maximum atomic E-state index is 12.4. The number of benzene rings is 1. The Balaban J connectivity index is 1.37. The summed E-state index contributed by atoms with van der Waals surface area (Å²) < 4.78 is 3.67. The van der Waals surface area contributed by atoms with Gasteiger partial charge in [0.2, 0.25) is 11.8 Å². The molecule has 1 aromatic carbocycles. The maximum absolute atomic E-state index is 12.4. The Morgan fingerprint density at radius 1 is 1.09 bits per heavy atom. The summed E-state index contributed by atoms with van der Waals surface area (Å²) in [4.78, 5) is 54.7. The largest absolute Gasteiger partial charge is 0.344 e. The smallest absolute Gasteiger partial charge is 0.332 e. The summed E-state index contributed by atoms with van der Waals surface area (Å²) in [7, 11) is 2.90. The van der Waals surface area contributed by atoms with Crippen LogP contribution in [0.15, 0.2) is 40.2 Å². The third-order valence-electron chi connectivity index (χ3n) is 5.64. The number of fused-ring (bicyclic) bond motifs is 1. The van der Waals surface area contributed by atoms with Crippen LogP contribution in [-0.2, 0) is 30.2 Å². The van der Waals surface area contributed by atoms with Crippen LogP contribution < -0.4 is 21.5 Å². The van der Waals surface area contributed by atoms with Gasteiger partial charge in [0.1, 0.15) is 6.54 Å². The van der Waals surface area contributed by atoms with E-state index in [9.17, 15) is 19.2 Å². The number of nitrogens with one attached hydrogen (secondary N) is 1. The van der Waals surface area contributed by atoms with Crippen LogP contribution in [0, 0.1) is 11.8 Å². The van der Waals surface area contributed by atoms with Gasteiger partial charge in [0.25, 0.3) is 5.56 Å². The van der Waals surface area contributed by atoms with Crippen LogP contribution in [0.2, 0.25) is 0 Å². The van der Waals surface area contributed by atoms with E-state index in [-0.39, 0.29) is 36.1 Å². The van der Waals surface area contributed by atoms with Crippen molar-refractivity contribution in [1.29, 1.82) is 0 Å². The number of nitrogens with zero attached hydrogens (tertiary/aromatic N) is 5. The van der Waals surface area contributed by atoms with Gasteiger partial charge in [-0.15, -0.1) is 0 Å². The van der Waals surface area contributed by atoms with E-state index >= 15 is 0 Å². The molecule has 1 aliphatic heterocycles. The lowest BCUT2D eigenvalue weighted by Gasteiger charge is -2.26. The third-order valence-corrected chi connectivity index (χ3v) is 5.64. The fourth-order valence-electron chi connectivity index (χ4n) is 3.82. The minimum atomic E-state index is -0.507. The van der Waals surface area contributed by atoms with Gasteiger partial charge in [-0.1, -0.05) is 11.8 Å². The molecule has 2 amide bonds. The molecule has 0 atom stereocenters. The number of carbonyl (C=O) groups excluding carboxylic acids is 2. The zero-order valence-corrected chi connectivity index (χ0v) is 18.5. The van der Waals surface area contributed by atoms with Crippen LogP contribution in [0.3, 0.4) is 0 Å². The average Bonchev–Trinajstić information content (AvgIpc) is 3.23. The van der Waals surface area contributed by atoms with Crippen LogP contribution in [0.1, 0.15) is 24.8 Å². The van der Waals surface area contributed by atoms with Gasteiger partial charge in [-0.25, -0.2) is 9.78 Å². The molecule has 0 aliphatic carbocycles. The van der Waals surface area contributed by atoms with Crippen molar-refractivity contribution in [1.82, 2.24) is 24.0 Å². The zero-order chi connectivity index (χ0) is 23.5. The number of anilines is 1. The van der Waals surface area contributed by atoms with Gasteiger partial charge in [0, 0.05) is 38.3 Å². The quantitative estimate of drug-likeness (QED) is 0.570. The molecule has 3 aromatic rings. The van der Waals surface area contributed by atoms with Crippen LogP contribution in [0.5, 0.6) is 0 Å². The number of amides is 2. The van der Waals surface area contributed by atoms with Crippen molar-refractivity contribution in [2.24, 2.45) is 14.1 Å². The van der Waals surface area contributed by atoms with Crippen LogP contribution in [0.25, 0.3) is 11.2 Å². The van der Waals surface area contributed by atoms with Crippen molar-refractivity contribution in [3.05, 3.63) is 57.0 Å². The van der Waals surface area contributed by atoms with E-state index in [4.69, 9.17) is 0 Å². The Kier molecular flexibility index (Phi) is 6.13. The Labute approximate surface area is 189 Å². The van der Waals surface area contributed by atoms with Crippen molar-refractivity contribution in [2.45, 2.75) is 25.8 Å². The van der Waals surface area contributed by atoms with E-state index in [0.717, 1.165) is 35.2 Å². The standard InChI is InChI=1S/C23H24N6O4/c1-26-21-20(22(32)27(2)23(26)33)28(15-25-21)14-18(30)24-12-5-6-16-8-10-17(11-9-16)29-13-4-3-7-19(29)31/h8-11,15H,3-4,7,12-14H2,1-2H3,(H,24,30). The molecule has 170 valence electrons. The third kappa shape index (κ3) is 4.43. The molecule has 1 aliphatic rings. The Morgan fingerprint density at radius 2 is 1.85 bits per heavy atom. The first-order valence-corrected chi connectivity index (χ1v) is 10.6. The van der Waals surface area contributed by atoms with Gasteiger partial charge >= 0.3 is 5.69 Å². The van der Waals surface area contributed by atoms with Gasteiger partial charge in [-0.3, -0.25) is 23.5 Å². The fourth-order valence-corrected chi connectivity index (χ4v) is 3.82. The maximum Gasteiger partial charge on any atom is 0.332 e. The molecule has 2 aromatic heterocycles. The molecule has 4 rings (SSSR count). The SMILES string of the molecule is Cn1c(=O)c2c(ncn2CC(=O)NCC#Cc2ccc(N3CCCCC3=O)cc2)n(C)c1=O. The second kappa shape index (κ2) is 9.16. The van der Waals surface area contributed by atoms with Gasteiger partial charge < -0.3 is 14.8 Å². The van der Waals surface area contributed by atoms with E-state index in [1.54, 1.807) is 4.90 Å². The molecule has 0 unspecified atom stereocenters. The van der Waals surface area contributed by atoms with E-state index in [1.165, 1.54) is 29.6 Å². The molecule has 33 heavy (non-hydrogen) atoms. The number of piperidine rings is 1. The summed E-state index contributed by atoms with van der Waals surface area (Å²) in [6, 6.07) is 7.46. The monoisotopic (exact) mass is 448 g/mol. The first kappa shape index (κ1) is 22.1. The normalized spacial score (nSPS) is 13.6. The van der Waals surface area contributed by atoms with E-state index in [2.05, 4.69) is 22.1 Å². The molecule has 1 N–H and O–H groups in total. The summed E-state index contributed by atoms with van der Waals surface area (Å²) in [6.45, 7) is 0.753. The summed E-state index contributed by atoms with van der Waals surface area (Å²) in [5.74, 6) is 5.69. The zero-order valence-electron chi connectivity index (χ0n) is 18.5. The van der Waals surface area contributed by atoms with Gasteiger partial charge in [-0.05, 0) is 37.1 Å². The van der Waals surface area contributed by atoms with E-state index < -0.39 is 11.2 Å². The van der Waals surface area contributed by atoms with Crippen molar-refractivity contribution in [2.75, 3.05) is 18.0 Å². The van der Waals surface area contributed by atoms with Crippen molar-refractivity contribution >= 4 is 28.7 Å². The molecule has 0 bridgehead atoms. The van der Waals surface area contributed by atoms with Crippen molar-refractivity contribution < 1.29 is 9.59 Å². The number of aromatic nitrogens is 4. The number of hydrogen-bond acceptors (Lipinski definition) is 5. The van der Waals surface area contributed by atoms with E-state index in [0.29, 0.717) is 6.42 Å². The lowest BCUT2D eigenvalue weighted by molar-refractivity contribution is -0.121. The molecule has 1 fully saturated rings. The highest BCUT2D eigenvalue weighted by Crippen LogP contribution is 2.21. The second-order valence-electron chi connectivity index (χ2n) is 7.88. The predicted molar refractivity (Wildman–Crippen MR) is 123 cm³/mol. The van der Waals surface area contributed by atoms with Gasteiger partial charge in [0.15, 0.2) is 11.2 Å². The van der Waals surface area contributed by atoms with Gasteiger partial charge in [-0.2, -0.15) is 0 Å². The van der Waals surface area contributed by atoms with Crippen LogP contribution in [-0.4, -0.2) is 43.6 Å². The second-order valence-corrected chi connectivity index (χ2v) is 7.88. The summed E-state index contributed by atoms with van der Waals surface area (Å²) in [6.07, 6.45) is 3.90. The minimum absolute atomic E-state index is 0.121. The Bertz CT molecular complexity index is 1400. The van der Waals surface area contributed by atoms with Gasteiger partial charge in [0.05, 0.1) is 12.9 Å². The van der Waals surface area contributed by atoms with Crippen molar-refractivity contribution in [3.63, 3.8) is 0 Å². The molecular formula is C23H24N6O4. The number of carbonyl (C=O) groups is 2. The molecule has 0 spiro atoms. The summed E-state index contributed by atoms with van der Waals surface area (Å²) in [5, 5.41) is 2.69. The summed E-state index contributed by atoms with van der Waals surface area (Å²) >= 11 is 0. The average molecular weight is 448 g/mol. The summed E-state index contributed by atoms with van der Waals surface area (Å²) in [5.41, 5.74) is 1.08. The number of hydrogen-bond donors (Lipinski definition) is 1. The highest BCUT2D eigenvalue weighted by atomic mass is 16.2. The highest BCUT2D eigenvalue weighted by Gasteiger charge is 2.19. The molecule has 0 radical (unpaired) electrons. The Morgan fingerprint density at radius 3 is 2.58 bits per heavy atom. The predicted octanol–water partition coefficient (Wildman–Crippen LogP) is 0.119. The van der Waals surface area contributed by atoms with Crippen LogP contribution >= 0.6 is 0 Å².